The minimum atomic E-state index is -0.407. The van der Waals surface area contributed by atoms with Crippen LogP contribution in [0.3, 0.4) is 0 Å². The molecule has 3 aromatic rings. The number of carbonyl (C=O) groups is 2. The molecule has 2 heterocycles. The largest absolute Gasteiger partial charge is 0.465 e. The molecule has 0 spiro atoms. The summed E-state index contributed by atoms with van der Waals surface area (Å²) in [5.41, 5.74) is 1.83. The maximum absolute atomic E-state index is 12.6. The summed E-state index contributed by atoms with van der Waals surface area (Å²) >= 11 is 6.20. The number of nitrogens with zero attached hydrogens (tertiary/aromatic N) is 3. The van der Waals surface area contributed by atoms with E-state index < -0.39 is 5.97 Å². The number of halogens is 1. The van der Waals surface area contributed by atoms with Crippen LogP contribution in [0.2, 0.25) is 5.02 Å². The summed E-state index contributed by atoms with van der Waals surface area (Å²) in [5, 5.41) is 7.53. The number of nitrogens with one attached hydrogen (secondary N) is 1. The fourth-order valence-electron chi connectivity index (χ4n) is 3.67. The summed E-state index contributed by atoms with van der Waals surface area (Å²) in [6.07, 6.45) is 1.47. The topological polar surface area (TPSA) is 97.6 Å². The van der Waals surface area contributed by atoms with Crippen LogP contribution < -0.4 is 5.32 Å². The molecule has 1 amide bonds. The Hall–Kier alpha value is -3.23. The van der Waals surface area contributed by atoms with E-state index in [9.17, 15) is 9.59 Å². The summed E-state index contributed by atoms with van der Waals surface area (Å²) in [6, 6.07) is 14.0. The summed E-state index contributed by atoms with van der Waals surface area (Å²) in [6.45, 7) is 2.03. The van der Waals surface area contributed by atoms with Crippen LogP contribution in [0, 0.1) is 5.92 Å². The number of piperidine rings is 1. The van der Waals surface area contributed by atoms with Gasteiger partial charge in [-0.1, -0.05) is 28.9 Å². The summed E-state index contributed by atoms with van der Waals surface area (Å²) in [7, 11) is 1.33. The first-order chi connectivity index (χ1) is 15.5. The van der Waals surface area contributed by atoms with E-state index in [0.717, 1.165) is 31.5 Å². The second kappa shape index (κ2) is 9.93. The highest BCUT2D eigenvalue weighted by Crippen LogP contribution is 2.26. The lowest BCUT2D eigenvalue weighted by Gasteiger charge is -2.30. The SMILES string of the molecule is COC(=O)c1ccc(NC(=O)C2CCN(Cc3nc(-c4ccccc4Cl)no3)CC2)cc1. The van der Waals surface area contributed by atoms with Gasteiger partial charge in [-0.3, -0.25) is 9.69 Å². The third kappa shape index (κ3) is 5.15. The Morgan fingerprint density at radius 1 is 1.16 bits per heavy atom. The fraction of sp³-hybridized carbons (Fsp3) is 0.304. The van der Waals surface area contributed by atoms with E-state index in [1.807, 2.05) is 18.2 Å². The Labute approximate surface area is 190 Å². The van der Waals surface area contributed by atoms with Crippen molar-refractivity contribution in [2.45, 2.75) is 19.4 Å². The molecule has 0 aliphatic carbocycles. The number of esters is 1. The highest BCUT2D eigenvalue weighted by molar-refractivity contribution is 6.33. The Balaban J connectivity index is 1.27. The number of rotatable bonds is 6. The average Bonchev–Trinajstić information content (AvgIpc) is 3.28. The van der Waals surface area contributed by atoms with Gasteiger partial charge in [0.1, 0.15) is 0 Å². The van der Waals surface area contributed by atoms with Gasteiger partial charge in [0.25, 0.3) is 0 Å². The monoisotopic (exact) mass is 454 g/mol. The molecule has 1 aliphatic rings. The molecule has 0 bridgehead atoms. The molecule has 0 saturated carbocycles. The first-order valence-corrected chi connectivity index (χ1v) is 10.7. The fourth-order valence-corrected chi connectivity index (χ4v) is 3.89. The Bertz CT molecular complexity index is 1090. The molecule has 1 N–H and O–H groups in total. The van der Waals surface area contributed by atoms with Crippen LogP contribution in [0.4, 0.5) is 5.69 Å². The highest BCUT2D eigenvalue weighted by Gasteiger charge is 2.26. The van der Waals surface area contributed by atoms with Crippen LogP contribution in [-0.2, 0) is 16.1 Å². The van der Waals surface area contributed by atoms with Crippen LogP contribution in [-0.4, -0.2) is 47.1 Å². The molecule has 166 valence electrons. The van der Waals surface area contributed by atoms with Gasteiger partial charge in [0.2, 0.25) is 17.6 Å². The van der Waals surface area contributed by atoms with Gasteiger partial charge in [0, 0.05) is 17.2 Å². The maximum Gasteiger partial charge on any atom is 0.337 e. The molecular formula is C23H23ClN4O4. The van der Waals surface area contributed by atoms with Crippen molar-refractivity contribution in [1.29, 1.82) is 0 Å². The van der Waals surface area contributed by atoms with Gasteiger partial charge in [-0.15, -0.1) is 0 Å². The minimum Gasteiger partial charge on any atom is -0.465 e. The van der Waals surface area contributed by atoms with Crippen LogP contribution in [0.15, 0.2) is 53.1 Å². The molecular weight excluding hydrogens is 432 g/mol. The van der Waals surface area contributed by atoms with Gasteiger partial charge in [-0.25, -0.2) is 4.79 Å². The van der Waals surface area contributed by atoms with E-state index >= 15 is 0 Å². The van der Waals surface area contributed by atoms with Crippen LogP contribution in [0.1, 0.15) is 29.1 Å². The first kappa shape index (κ1) is 22.0. The van der Waals surface area contributed by atoms with Gasteiger partial charge in [-0.05, 0) is 62.3 Å². The van der Waals surface area contributed by atoms with Crippen molar-refractivity contribution in [2.75, 3.05) is 25.5 Å². The Morgan fingerprint density at radius 2 is 1.88 bits per heavy atom. The number of anilines is 1. The van der Waals surface area contributed by atoms with Crippen molar-refractivity contribution >= 4 is 29.2 Å². The molecule has 2 aromatic carbocycles. The third-order valence-corrected chi connectivity index (χ3v) is 5.80. The molecule has 0 radical (unpaired) electrons. The molecule has 0 atom stereocenters. The zero-order chi connectivity index (χ0) is 22.5. The lowest BCUT2D eigenvalue weighted by Crippen LogP contribution is -2.37. The number of amides is 1. The van der Waals surface area contributed by atoms with Gasteiger partial charge < -0.3 is 14.6 Å². The predicted octanol–water partition coefficient (Wildman–Crippen LogP) is 4.03. The van der Waals surface area contributed by atoms with Gasteiger partial charge in [0.15, 0.2) is 0 Å². The van der Waals surface area contributed by atoms with Crippen molar-refractivity contribution in [1.82, 2.24) is 15.0 Å². The van der Waals surface area contributed by atoms with Gasteiger partial charge >= 0.3 is 5.97 Å². The van der Waals surface area contributed by atoms with E-state index in [1.165, 1.54) is 7.11 Å². The smallest absolute Gasteiger partial charge is 0.337 e. The zero-order valence-electron chi connectivity index (χ0n) is 17.6. The van der Waals surface area contributed by atoms with E-state index in [4.69, 9.17) is 16.1 Å². The average molecular weight is 455 g/mol. The van der Waals surface area contributed by atoms with Crippen molar-refractivity contribution in [2.24, 2.45) is 5.92 Å². The van der Waals surface area contributed by atoms with E-state index in [-0.39, 0.29) is 11.8 Å². The Morgan fingerprint density at radius 3 is 2.56 bits per heavy atom. The van der Waals surface area contributed by atoms with Gasteiger partial charge in [0.05, 0.1) is 24.2 Å². The van der Waals surface area contributed by atoms with E-state index in [1.54, 1.807) is 30.3 Å². The normalized spacial score (nSPS) is 14.8. The van der Waals surface area contributed by atoms with Crippen molar-refractivity contribution in [3.8, 4) is 11.4 Å². The van der Waals surface area contributed by atoms with Crippen molar-refractivity contribution < 1.29 is 18.8 Å². The van der Waals surface area contributed by atoms with Crippen LogP contribution in [0.5, 0.6) is 0 Å². The van der Waals surface area contributed by atoms with E-state index in [0.29, 0.717) is 34.5 Å². The molecule has 1 fully saturated rings. The number of hydrogen-bond acceptors (Lipinski definition) is 7. The molecule has 1 saturated heterocycles. The number of likely N-dealkylation sites (tertiary alicyclic amines) is 1. The molecule has 32 heavy (non-hydrogen) atoms. The molecule has 0 unspecified atom stereocenters. The number of benzene rings is 2. The second-order valence-corrected chi connectivity index (χ2v) is 8.01. The van der Waals surface area contributed by atoms with Crippen LogP contribution in [0.25, 0.3) is 11.4 Å². The predicted molar refractivity (Wildman–Crippen MR) is 119 cm³/mol. The number of aromatic nitrogens is 2. The molecule has 1 aliphatic heterocycles. The van der Waals surface area contributed by atoms with Crippen LogP contribution >= 0.6 is 11.6 Å². The highest BCUT2D eigenvalue weighted by atomic mass is 35.5. The number of carbonyl (C=O) groups excluding carboxylic acids is 2. The summed E-state index contributed by atoms with van der Waals surface area (Å²) in [4.78, 5) is 30.8. The first-order valence-electron chi connectivity index (χ1n) is 10.3. The molecule has 4 rings (SSSR count). The third-order valence-electron chi connectivity index (χ3n) is 5.47. The zero-order valence-corrected chi connectivity index (χ0v) is 18.3. The molecule has 1 aromatic heterocycles. The number of hydrogen-bond donors (Lipinski definition) is 1. The minimum absolute atomic E-state index is 0.0192. The molecule has 9 heteroatoms. The quantitative estimate of drug-likeness (QED) is 0.561. The standard InChI is InChI=1S/C23H23ClN4O4/c1-31-23(30)16-6-8-17(9-7-16)25-22(29)15-10-12-28(13-11-15)14-20-26-21(27-32-20)18-4-2-3-5-19(18)24/h2-9,15H,10-14H2,1H3,(H,25,29). The van der Waals surface area contributed by atoms with Crippen molar-refractivity contribution in [3.05, 3.63) is 65.0 Å². The summed E-state index contributed by atoms with van der Waals surface area (Å²) in [5.74, 6) is 0.490. The van der Waals surface area contributed by atoms with Crippen molar-refractivity contribution in [3.63, 3.8) is 0 Å². The lowest BCUT2D eigenvalue weighted by molar-refractivity contribution is -0.121. The molecule has 8 nitrogen and oxygen atoms in total. The number of ether oxygens (including phenoxy) is 1. The summed E-state index contributed by atoms with van der Waals surface area (Å²) < 4.78 is 10.1. The lowest BCUT2D eigenvalue weighted by atomic mass is 9.96. The maximum atomic E-state index is 12.6. The number of methoxy groups -OCH3 is 1. The van der Waals surface area contributed by atoms with Gasteiger partial charge in [-0.2, -0.15) is 4.98 Å². The Kier molecular flexibility index (Phi) is 6.82. The second-order valence-electron chi connectivity index (χ2n) is 7.60. The van der Waals surface area contributed by atoms with E-state index in [2.05, 4.69) is 25.1 Å².